The number of quaternary nitrogens is 1. The molecule has 0 radical (unpaired) electrons. The van der Waals surface area contributed by atoms with E-state index in [0.717, 1.165) is 11.4 Å². The Hall–Kier alpha value is -1.16. The van der Waals surface area contributed by atoms with Crippen molar-refractivity contribution < 1.29 is 14.4 Å². The van der Waals surface area contributed by atoms with Crippen molar-refractivity contribution in [1.29, 1.82) is 0 Å². The van der Waals surface area contributed by atoms with Crippen molar-refractivity contribution in [2.24, 2.45) is 4.99 Å². The van der Waals surface area contributed by atoms with Gasteiger partial charge in [-0.3, -0.25) is 0 Å². The zero-order chi connectivity index (χ0) is 14.5. The number of aliphatic carboxylic acids is 1. The first-order valence-corrected chi connectivity index (χ1v) is 6.27. The van der Waals surface area contributed by atoms with E-state index in [0.29, 0.717) is 4.48 Å². The van der Waals surface area contributed by atoms with Crippen molar-refractivity contribution in [2.75, 3.05) is 0 Å². The van der Waals surface area contributed by atoms with Gasteiger partial charge in [0.1, 0.15) is 22.5 Å². The van der Waals surface area contributed by atoms with Gasteiger partial charge in [-0.15, -0.1) is 0 Å². The van der Waals surface area contributed by atoms with Gasteiger partial charge in [0.05, 0.1) is 0 Å². The molecule has 4 nitrogen and oxygen atoms in total. The summed E-state index contributed by atoms with van der Waals surface area (Å²) in [6, 6.07) is 0. The van der Waals surface area contributed by atoms with Crippen LogP contribution in [0.1, 0.15) is 55.4 Å². The van der Waals surface area contributed by atoms with Gasteiger partial charge in [-0.25, -0.2) is 9.28 Å². The molecule has 4 heteroatoms. The average Bonchev–Trinajstić information content (AvgIpc) is 2.38. The van der Waals surface area contributed by atoms with Gasteiger partial charge in [-0.2, -0.15) is 4.99 Å². The van der Waals surface area contributed by atoms with Crippen molar-refractivity contribution in [2.45, 2.75) is 66.5 Å². The summed E-state index contributed by atoms with van der Waals surface area (Å²) in [6.45, 7) is 16.3. The number of hydrogen-bond acceptors (Lipinski definition) is 2. The van der Waals surface area contributed by atoms with Crippen molar-refractivity contribution >= 4 is 11.8 Å². The summed E-state index contributed by atoms with van der Waals surface area (Å²) in [6.07, 6.45) is 0. The molecule has 0 aromatic rings. The second-order valence-electron chi connectivity index (χ2n) is 6.92. The maximum Gasteiger partial charge on any atom is 0.412 e. The Labute approximate surface area is 110 Å². The zero-order valence-corrected chi connectivity index (χ0v) is 12.7. The molecule has 0 atom stereocenters. The normalized spacial score (nSPS) is 20.1. The first kappa shape index (κ1) is 14.9. The van der Waals surface area contributed by atoms with Crippen LogP contribution < -0.4 is 0 Å². The second kappa shape index (κ2) is 3.92. The first-order chi connectivity index (χ1) is 7.87. The van der Waals surface area contributed by atoms with Gasteiger partial charge in [0, 0.05) is 6.92 Å². The average molecular weight is 253 g/mol. The summed E-state index contributed by atoms with van der Waals surface area (Å²) < 4.78 is 0.293. The lowest BCUT2D eigenvalue weighted by atomic mass is 9.88. The molecule has 0 unspecified atom stereocenters. The van der Waals surface area contributed by atoms with Crippen molar-refractivity contribution in [3.05, 3.63) is 11.4 Å². The fourth-order valence-electron chi connectivity index (χ4n) is 3.56. The molecule has 1 heterocycles. The summed E-state index contributed by atoms with van der Waals surface area (Å²) >= 11 is 0. The van der Waals surface area contributed by atoms with E-state index >= 15 is 0 Å². The number of amidine groups is 1. The maximum absolute atomic E-state index is 11.6. The Morgan fingerprint density at radius 2 is 1.44 bits per heavy atom. The lowest BCUT2D eigenvalue weighted by molar-refractivity contribution is -0.895. The highest BCUT2D eigenvalue weighted by molar-refractivity contribution is 6.32. The Balaban J connectivity index is 3.72. The molecular formula is C14H25N2O2+. The third kappa shape index (κ3) is 1.70. The number of allylic oxidation sites excluding steroid dienone is 2. The van der Waals surface area contributed by atoms with Gasteiger partial charge in [-0.05, 0) is 48.5 Å². The number of nitrogens with zero attached hydrogens (tertiary/aromatic N) is 2. The molecule has 0 aliphatic carbocycles. The Kier molecular flexibility index (Phi) is 3.24. The summed E-state index contributed by atoms with van der Waals surface area (Å²) in [4.78, 5) is 16.0. The van der Waals surface area contributed by atoms with Gasteiger partial charge in [0.25, 0.3) is 0 Å². The van der Waals surface area contributed by atoms with Crippen molar-refractivity contribution in [3.8, 4) is 0 Å². The highest BCUT2D eigenvalue weighted by Gasteiger charge is 2.60. The molecule has 0 fully saturated rings. The van der Waals surface area contributed by atoms with Crippen LogP contribution in [0.15, 0.2) is 16.4 Å². The lowest BCUT2D eigenvalue weighted by Crippen LogP contribution is -2.71. The van der Waals surface area contributed by atoms with E-state index in [-0.39, 0.29) is 16.9 Å². The van der Waals surface area contributed by atoms with E-state index in [4.69, 9.17) is 0 Å². The summed E-state index contributed by atoms with van der Waals surface area (Å²) in [5.41, 5.74) is 1.30. The summed E-state index contributed by atoms with van der Waals surface area (Å²) in [7, 11) is 0. The minimum absolute atomic E-state index is 0.227. The summed E-state index contributed by atoms with van der Waals surface area (Å²) in [5, 5.41) is 9.54. The number of hydrogen-bond donors (Lipinski definition) is 1. The van der Waals surface area contributed by atoms with Crippen LogP contribution in [-0.4, -0.2) is 32.5 Å². The quantitative estimate of drug-likeness (QED) is 0.730. The number of carboxylic acid groups (broad SMARTS) is 1. The molecule has 0 amide bonds. The Bertz CT molecular complexity index is 431. The molecule has 0 bridgehead atoms. The summed E-state index contributed by atoms with van der Waals surface area (Å²) in [5.74, 6) is -0.707. The van der Waals surface area contributed by atoms with Crippen LogP contribution in [0.5, 0.6) is 0 Å². The standard InChI is InChI=1S/C14H24N2O2/c1-9-10(2)16(13(3,4)5,14(6,7)8)11(15-9)12(17)18/h1-8H3/p+1. The number of carbonyl (C=O) groups is 1. The number of carboxylic acids is 1. The molecule has 0 saturated carbocycles. The van der Waals surface area contributed by atoms with E-state index in [1.54, 1.807) is 0 Å². The van der Waals surface area contributed by atoms with Crippen LogP contribution >= 0.6 is 0 Å². The van der Waals surface area contributed by atoms with Crippen LogP contribution in [0.4, 0.5) is 0 Å². The third-order valence-electron chi connectivity index (χ3n) is 3.82. The third-order valence-corrected chi connectivity index (χ3v) is 3.82. The number of aliphatic imine (C=N–C) groups is 1. The van der Waals surface area contributed by atoms with E-state index < -0.39 is 5.97 Å². The molecule has 102 valence electrons. The molecule has 1 aliphatic heterocycles. The van der Waals surface area contributed by atoms with Crippen LogP contribution in [0.2, 0.25) is 0 Å². The fourth-order valence-corrected chi connectivity index (χ4v) is 3.56. The Morgan fingerprint density at radius 3 is 1.67 bits per heavy atom. The van der Waals surface area contributed by atoms with E-state index in [2.05, 4.69) is 46.5 Å². The van der Waals surface area contributed by atoms with Crippen molar-refractivity contribution in [3.63, 3.8) is 0 Å². The van der Waals surface area contributed by atoms with Crippen LogP contribution in [-0.2, 0) is 4.79 Å². The van der Waals surface area contributed by atoms with Gasteiger partial charge in [0.2, 0.25) is 0 Å². The van der Waals surface area contributed by atoms with Crippen molar-refractivity contribution in [1.82, 2.24) is 0 Å². The van der Waals surface area contributed by atoms with Crippen LogP contribution in [0, 0.1) is 0 Å². The lowest BCUT2D eigenvalue weighted by Gasteiger charge is -2.53. The predicted octanol–water partition coefficient (Wildman–Crippen LogP) is 3.15. The number of rotatable bonds is 1. The Morgan fingerprint density at radius 1 is 1.06 bits per heavy atom. The van der Waals surface area contributed by atoms with Crippen LogP contribution in [0.25, 0.3) is 0 Å². The topological polar surface area (TPSA) is 49.7 Å². The minimum Gasteiger partial charge on any atom is -0.472 e. The van der Waals surface area contributed by atoms with E-state index in [1.807, 2.05) is 13.8 Å². The molecular weight excluding hydrogens is 228 g/mol. The smallest absolute Gasteiger partial charge is 0.412 e. The first-order valence-electron chi connectivity index (χ1n) is 6.27. The molecule has 18 heavy (non-hydrogen) atoms. The molecule has 0 saturated heterocycles. The minimum atomic E-state index is -0.934. The van der Waals surface area contributed by atoms with E-state index in [1.165, 1.54) is 0 Å². The molecule has 1 rings (SSSR count). The maximum atomic E-state index is 11.6. The van der Waals surface area contributed by atoms with Gasteiger partial charge in [0.15, 0.2) is 0 Å². The van der Waals surface area contributed by atoms with Gasteiger partial charge >= 0.3 is 11.8 Å². The highest BCUT2D eigenvalue weighted by Crippen LogP contribution is 2.45. The monoisotopic (exact) mass is 253 g/mol. The molecule has 0 aromatic carbocycles. The second-order valence-corrected chi connectivity index (χ2v) is 6.92. The fraction of sp³-hybridized carbons (Fsp3) is 0.714. The molecule has 1 N–H and O–H groups in total. The van der Waals surface area contributed by atoms with Gasteiger partial charge in [-0.1, -0.05) is 0 Å². The predicted molar refractivity (Wildman–Crippen MR) is 73.2 cm³/mol. The van der Waals surface area contributed by atoms with Gasteiger partial charge < -0.3 is 5.11 Å². The van der Waals surface area contributed by atoms with E-state index in [9.17, 15) is 9.90 Å². The zero-order valence-electron chi connectivity index (χ0n) is 12.7. The molecule has 0 spiro atoms. The molecule has 1 aliphatic rings. The van der Waals surface area contributed by atoms with Crippen LogP contribution in [0.3, 0.4) is 0 Å². The largest absolute Gasteiger partial charge is 0.472 e. The SMILES string of the molecule is CC1=C(C)[N+](C(C)(C)C)(C(C)(C)C)C(C(=O)O)=N1. The molecule has 0 aromatic heterocycles. The highest BCUT2D eigenvalue weighted by atomic mass is 16.4.